The number of carbonyl (C=O) groups is 1. The van der Waals surface area contributed by atoms with Crippen molar-refractivity contribution in [3.05, 3.63) is 18.0 Å². The highest BCUT2D eigenvalue weighted by Crippen LogP contribution is 2.10. The molecule has 94 valence electrons. The fourth-order valence-corrected chi connectivity index (χ4v) is 1.82. The van der Waals surface area contributed by atoms with E-state index in [1.54, 1.807) is 12.4 Å². The van der Waals surface area contributed by atoms with Gasteiger partial charge in [-0.3, -0.25) is 4.79 Å². The molecule has 0 aliphatic carbocycles. The van der Waals surface area contributed by atoms with Crippen LogP contribution in [0.3, 0.4) is 0 Å². The van der Waals surface area contributed by atoms with E-state index in [0.29, 0.717) is 17.6 Å². The van der Waals surface area contributed by atoms with Crippen molar-refractivity contribution in [1.82, 2.24) is 14.9 Å². The third kappa shape index (κ3) is 3.78. The van der Waals surface area contributed by atoms with E-state index in [1.165, 1.54) is 0 Å². The molecule has 1 aromatic heterocycles. The van der Waals surface area contributed by atoms with Gasteiger partial charge in [0, 0.05) is 31.5 Å². The van der Waals surface area contributed by atoms with Crippen molar-refractivity contribution in [2.24, 2.45) is 0 Å². The van der Waals surface area contributed by atoms with Crippen LogP contribution in [0, 0.1) is 0 Å². The van der Waals surface area contributed by atoms with E-state index in [1.807, 2.05) is 14.1 Å². The van der Waals surface area contributed by atoms with Crippen LogP contribution in [0.25, 0.3) is 0 Å². The SMILES string of the molecule is CCN(c1ncc(C=O)cn1)C(C)CN(C)C. The highest BCUT2D eigenvalue weighted by atomic mass is 16.1. The number of nitrogens with zero attached hydrogens (tertiary/aromatic N) is 4. The second-order valence-electron chi connectivity index (χ2n) is 4.33. The third-order valence-corrected chi connectivity index (χ3v) is 2.55. The highest BCUT2D eigenvalue weighted by Gasteiger charge is 2.15. The Hall–Kier alpha value is -1.49. The first kappa shape index (κ1) is 13.6. The quantitative estimate of drug-likeness (QED) is 0.691. The molecule has 1 atom stereocenters. The Bertz CT molecular complexity index is 350. The maximum atomic E-state index is 10.5. The lowest BCUT2D eigenvalue weighted by atomic mass is 10.3. The van der Waals surface area contributed by atoms with Crippen LogP contribution in [0.2, 0.25) is 0 Å². The molecule has 1 rings (SSSR count). The van der Waals surface area contributed by atoms with Gasteiger partial charge in [0.25, 0.3) is 0 Å². The van der Waals surface area contributed by atoms with Gasteiger partial charge in [-0.1, -0.05) is 0 Å². The van der Waals surface area contributed by atoms with E-state index in [0.717, 1.165) is 19.4 Å². The van der Waals surface area contributed by atoms with Gasteiger partial charge in [0.2, 0.25) is 5.95 Å². The molecule has 0 aromatic carbocycles. The summed E-state index contributed by atoms with van der Waals surface area (Å²) in [5.74, 6) is 0.674. The van der Waals surface area contributed by atoms with Crippen molar-refractivity contribution in [2.45, 2.75) is 19.9 Å². The summed E-state index contributed by atoms with van der Waals surface area (Å²) >= 11 is 0. The van der Waals surface area contributed by atoms with Gasteiger partial charge in [0.1, 0.15) is 0 Å². The normalized spacial score (nSPS) is 12.5. The molecule has 17 heavy (non-hydrogen) atoms. The molecule has 0 bridgehead atoms. The zero-order chi connectivity index (χ0) is 12.8. The van der Waals surface area contributed by atoms with Gasteiger partial charge < -0.3 is 9.80 Å². The Morgan fingerprint density at radius 2 is 1.94 bits per heavy atom. The van der Waals surface area contributed by atoms with Crippen molar-refractivity contribution < 1.29 is 4.79 Å². The molecule has 0 saturated carbocycles. The van der Waals surface area contributed by atoms with Crippen LogP contribution in [0.4, 0.5) is 5.95 Å². The molecule has 5 heteroatoms. The molecular formula is C12H20N4O. The first-order chi connectivity index (χ1) is 8.08. The van der Waals surface area contributed by atoms with E-state index >= 15 is 0 Å². The molecule has 1 heterocycles. The summed E-state index contributed by atoms with van der Waals surface area (Å²) < 4.78 is 0. The smallest absolute Gasteiger partial charge is 0.225 e. The summed E-state index contributed by atoms with van der Waals surface area (Å²) in [6, 6.07) is 0.331. The summed E-state index contributed by atoms with van der Waals surface area (Å²) in [7, 11) is 4.08. The first-order valence-electron chi connectivity index (χ1n) is 5.77. The monoisotopic (exact) mass is 236 g/mol. The number of aldehydes is 1. The minimum absolute atomic E-state index is 0.331. The molecule has 0 amide bonds. The van der Waals surface area contributed by atoms with E-state index in [2.05, 4.69) is 33.6 Å². The van der Waals surface area contributed by atoms with Crippen LogP contribution in [0.5, 0.6) is 0 Å². The van der Waals surface area contributed by atoms with Gasteiger partial charge in [-0.2, -0.15) is 0 Å². The van der Waals surface area contributed by atoms with Crippen LogP contribution in [0.15, 0.2) is 12.4 Å². The predicted molar refractivity (Wildman–Crippen MR) is 68.5 cm³/mol. The number of aromatic nitrogens is 2. The molecule has 0 aliphatic heterocycles. The van der Waals surface area contributed by atoms with Gasteiger partial charge in [-0.05, 0) is 27.9 Å². The topological polar surface area (TPSA) is 49.3 Å². The average Bonchev–Trinajstić information content (AvgIpc) is 2.30. The molecule has 0 spiro atoms. The number of hydrogen-bond acceptors (Lipinski definition) is 5. The minimum atomic E-state index is 0.331. The van der Waals surface area contributed by atoms with Crippen molar-refractivity contribution in [1.29, 1.82) is 0 Å². The largest absolute Gasteiger partial charge is 0.337 e. The molecule has 5 nitrogen and oxygen atoms in total. The molecule has 0 saturated heterocycles. The summed E-state index contributed by atoms with van der Waals surface area (Å²) in [6.45, 7) is 5.99. The molecule has 0 radical (unpaired) electrons. The molecular weight excluding hydrogens is 216 g/mol. The minimum Gasteiger partial charge on any atom is -0.337 e. The van der Waals surface area contributed by atoms with Gasteiger partial charge in [0.15, 0.2) is 6.29 Å². The first-order valence-corrected chi connectivity index (χ1v) is 5.77. The van der Waals surface area contributed by atoms with Crippen molar-refractivity contribution in [2.75, 3.05) is 32.1 Å². The number of likely N-dealkylation sites (N-methyl/N-ethyl adjacent to an activating group) is 2. The van der Waals surface area contributed by atoms with Crippen LogP contribution >= 0.6 is 0 Å². The molecule has 1 unspecified atom stereocenters. The van der Waals surface area contributed by atoms with E-state index in [9.17, 15) is 4.79 Å². The summed E-state index contributed by atoms with van der Waals surface area (Å²) in [4.78, 5) is 23.2. The summed E-state index contributed by atoms with van der Waals surface area (Å²) in [5, 5.41) is 0. The van der Waals surface area contributed by atoms with Crippen molar-refractivity contribution in [3.8, 4) is 0 Å². The van der Waals surface area contributed by atoms with E-state index < -0.39 is 0 Å². The maximum absolute atomic E-state index is 10.5. The summed E-state index contributed by atoms with van der Waals surface area (Å²) in [6.07, 6.45) is 3.87. The maximum Gasteiger partial charge on any atom is 0.225 e. The fourth-order valence-electron chi connectivity index (χ4n) is 1.82. The van der Waals surface area contributed by atoms with Gasteiger partial charge in [0.05, 0.1) is 5.56 Å². The lowest BCUT2D eigenvalue weighted by Crippen LogP contribution is -2.41. The predicted octanol–water partition coefficient (Wildman–Crippen LogP) is 1.07. The van der Waals surface area contributed by atoms with E-state index in [-0.39, 0.29) is 0 Å². The Morgan fingerprint density at radius 1 is 1.35 bits per heavy atom. The number of hydrogen-bond donors (Lipinski definition) is 0. The third-order valence-electron chi connectivity index (χ3n) is 2.55. The van der Waals surface area contributed by atoms with Crippen LogP contribution in [0.1, 0.15) is 24.2 Å². The van der Waals surface area contributed by atoms with Crippen LogP contribution in [-0.4, -0.2) is 54.4 Å². The Kier molecular flexibility index (Phi) is 5.03. The molecule has 0 aliphatic rings. The standard InChI is InChI=1S/C12H20N4O/c1-5-16(10(2)8-15(3)4)12-13-6-11(9-17)7-14-12/h6-7,9-10H,5,8H2,1-4H3. The Labute approximate surface area is 102 Å². The number of rotatable bonds is 6. The van der Waals surface area contributed by atoms with Crippen LogP contribution < -0.4 is 4.90 Å². The number of anilines is 1. The second-order valence-corrected chi connectivity index (χ2v) is 4.33. The van der Waals surface area contributed by atoms with Crippen molar-refractivity contribution in [3.63, 3.8) is 0 Å². The number of carbonyl (C=O) groups excluding carboxylic acids is 1. The van der Waals surface area contributed by atoms with Gasteiger partial charge in [-0.25, -0.2) is 9.97 Å². The molecule has 1 aromatic rings. The highest BCUT2D eigenvalue weighted by molar-refractivity contribution is 5.73. The molecule has 0 N–H and O–H groups in total. The lowest BCUT2D eigenvalue weighted by molar-refractivity contribution is 0.112. The Morgan fingerprint density at radius 3 is 2.35 bits per heavy atom. The zero-order valence-electron chi connectivity index (χ0n) is 10.9. The van der Waals surface area contributed by atoms with Crippen LogP contribution in [-0.2, 0) is 0 Å². The Balaban J connectivity index is 2.81. The van der Waals surface area contributed by atoms with Gasteiger partial charge >= 0.3 is 0 Å². The zero-order valence-corrected chi connectivity index (χ0v) is 10.9. The lowest BCUT2D eigenvalue weighted by Gasteiger charge is -2.29. The molecule has 0 fully saturated rings. The van der Waals surface area contributed by atoms with Gasteiger partial charge in [-0.15, -0.1) is 0 Å². The van der Waals surface area contributed by atoms with E-state index in [4.69, 9.17) is 0 Å². The average molecular weight is 236 g/mol. The van der Waals surface area contributed by atoms with Crippen molar-refractivity contribution >= 4 is 12.2 Å². The second kappa shape index (κ2) is 6.30. The summed E-state index contributed by atoms with van der Waals surface area (Å²) in [5.41, 5.74) is 0.505. The fraction of sp³-hybridized carbons (Fsp3) is 0.583.